The Balaban J connectivity index is 2.64. The van der Waals surface area contributed by atoms with Gasteiger partial charge in [0.15, 0.2) is 0 Å². The van der Waals surface area contributed by atoms with Crippen LogP contribution < -0.4 is 4.72 Å². The second-order valence-corrected chi connectivity index (χ2v) is 7.70. The minimum absolute atomic E-state index is 0.0665. The van der Waals surface area contributed by atoms with Crippen molar-refractivity contribution < 1.29 is 13.5 Å². The maximum Gasteiger partial charge on any atom is 0.279 e. The SMILES string of the molecule is CCCN(CCC)S(=O)(=O)NCC1(CO)CCCCC1. The lowest BCUT2D eigenvalue weighted by molar-refractivity contribution is 0.0863. The molecule has 0 unspecified atom stereocenters. The van der Waals surface area contributed by atoms with Crippen molar-refractivity contribution in [1.82, 2.24) is 9.03 Å². The van der Waals surface area contributed by atoms with Crippen LogP contribution in [0.5, 0.6) is 0 Å². The molecule has 0 aliphatic heterocycles. The predicted octanol–water partition coefficient (Wildman–Crippen LogP) is 1.89. The molecule has 0 aromatic rings. The third kappa shape index (κ3) is 4.98. The van der Waals surface area contributed by atoms with Gasteiger partial charge in [-0.3, -0.25) is 0 Å². The highest BCUT2D eigenvalue weighted by Crippen LogP contribution is 2.35. The third-order valence-electron chi connectivity index (χ3n) is 4.17. The van der Waals surface area contributed by atoms with Gasteiger partial charge in [0.05, 0.1) is 0 Å². The molecule has 0 aromatic carbocycles. The number of nitrogens with one attached hydrogen (secondary N) is 1. The molecule has 2 N–H and O–H groups in total. The molecule has 0 spiro atoms. The van der Waals surface area contributed by atoms with Gasteiger partial charge in [0.2, 0.25) is 0 Å². The maximum atomic E-state index is 12.3. The summed E-state index contributed by atoms with van der Waals surface area (Å²) < 4.78 is 28.9. The summed E-state index contributed by atoms with van der Waals surface area (Å²) >= 11 is 0. The van der Waals surface area contributed by atoms with Gasteiger partial charge in [0.25, 0.3) is 10.2 Å². The summed E-state index contributed by atoms with van der Waals surface area (Å²) in [6.45, 7) is 5.49. The quantitative estimate of drug-likeness (QED) is 0.683. The molecule has 120 valence electrons. The average Bonchev–Trinajstić information content (AvgIpc) is 2.46. The second-order valence-electron chi connectivity index (χ2n) is 5.94. The Morgan fingerprint density at radius 3 is 2.10 bits per heavy atom. The van der Waals surface area contributed by atoms with Crippen LogP contribution in [-0.4, -0.2) is 44.1 Å². The summed E-state index contributed by atoms with van der Waals surface area (Å²) in [5.41, 5.74) is -0.255. The Kier molecular flexibility index (Phi) is 7.43. The first kappa shape index (κ1) is 17.9. The van der Waals surface area contributed by atoms with Crippen LogP contribution in [0.15, 0.2) is 0 Å². The number of hydrogen-bond acceptors (Lipinski definition) is 3. The third-order valence-corrected chi connectivity index (χ3v) is 5.72. The minimum Gasteiger partial charge on any atom is -0.396 e. The summed E-state index contributed by atoms with van der Waals surface area (Å²) in [5.74, 6) is 0. The number of aliphatic hydroxyl groups is 1. The van der Waals surface area contributed by atoms with Crippen LogP contribution in [0.3, 0.4) is 0 Å². The molecule has 1 rings (SSSR count). The molecular formula is C14H30N2O3S. The van der Waals surface area contributed by atoms with E-state index >= 15 is 0 Å². The largest absolute Gasteiger partial charge is 0.396 e. The highest BCUT2D eigenvalue weighted by Gasteiger charge is 2.33. The summed E-state index contributed by atoms with van der Waals surface area (Å²) in [5, 5.41) is 9.64. The van der Waals surface area contributed by atoms with E-state index in [4.69, 9.17) is 0 Å². The number of aliphatic hydroxyl groups excluding tert-OH is 1. The van der Waals surface area contributed by atoms with Gasteiger partial charge in [-0.05, 0) is 25.7 Å². The van der Waals surface area contributed by atoms with Crippen molar-refractivity contribution >= 4 is 10.2 Å². The topological polar surface area (TPSA) is 69.6 Å². The van der Waals surface area contributed by atoms with Crippen LogP contribution in [0.25, 0.3) is 0 Å². The summed E-state index contributed by atoms with van der Waals surface area (Å²) in [4.78, 5) is 0. The molecular weight excluding hydrogens is 276 g/mol. The van der Waals surface area contributed by atoms with Crippen LogP contribution >= 0.6 is 0 Å². The van der Waals surface area contributed by atoms with Gasteiger partial charge >= 0.3 is 0 Å². The first-order valence-electron chi connectivity index (χ1n) is 7.85. The zero-order valence-corrected chi connectivity index (χ0v) is 13.7. The van der Waals surface area contributed by atoms with E-state index in [9.17, 15) is 13.5 Å². The van der Waals surface area contributed by atoms with Crippen LogP contribution in [0.2, 0.25) is 0 Å². The van der Waals surface area contributed by atoms with E-state index < -0.39 is 10.2 Å². The maximum absolute atomic E-state index is 12.3. The van der Waals surface area contributed by atoms with Crippen molar-refractivity contribution in [3.8, 4) is 0 Å². The Bertz CT molecular complexity index is 359. The van der Waals surface area contributed by atoms with E-state index in [0.717, 1.165) is 38.5 Å². The predicted molar refractivity (Wildman–Crippen MR) is 81.7 cm³/mol. The molecule has 0 saturated heterocycles. The highest BCUT2D eigenvalue weighted by molar-refractivity contribution is 7.87. The van der Waals surface area contributed by atoms with E-state index in [2.05, 4.69) is 4.72 Å². The molecule has 0 atom stereocenters. The lowest BCUT2D eigenvalue weighted by atomic mass is 9.75. The smallest absolute Gasteiger partial charge is 0.279 e. The van der Waals surface area contributed by atoms with Crippen molar-refractivity contribution in [3.63, 3.8) is 0 Å². The molecule has 0 amide bonds. The van der Waals surface area contributed by atoms with Crippen molar-refractivity contribution in [2.45, 2.75) is 58.8 Å². The number of rotatable bonds is 9. The lowest BCUT2D eigenvalue weighted by Gasteiger charge is -2.36. The summed E-state index contributed by atoms with van der Waals surface area (Å²) in [6.07, 6.45) is 6.79. The molecule has 1 fully saturated rings. The van der Waals surface area contributed by atoms with Crippen LogP contribution in [0.4, 0.5) is 0 Å². The monoisotopic (exact) mass is 306 g/mol. The molecule has 0 aromatic heterocycles. The van der Waals surface area contributed by atoms with Crippen molar-refractivity contribution in [3.05, 3.63) is 0 Å². The van der Waals surface area contributed by atoms with Crippen molar-refractivity contribution in [1.29, 1.82) is 0 Å². The van der Waals surface area contributed by atoms with Crippen molar-refractivity contribution in [2.75, 3.05) is 26.2 Å². The van der Waals surface area contributed by atoms with Gasteiger partial charge in [0.1, 0.15) is 0 Å². The van der Waals surface area contributed by atoms with Gasteiger partial charge in [-0.2, -0.15) is 12.7 Å². The molecule has 1 aliphatic carbocycles. The Morgan fingerprint density at radius 2 is 1.65 bits per heavy atom. The summed E-state index contributed by atoms with van der Waals surface area (Å²) in [7, 11) is -3.42. The fourth-order valence-electron chi connectivity index (χ4n) is 2.88. The van der Waals surface area contributed by atoms with E-state index in [-0.39, 0.29) is 12.0 Å². The molecule has 5 nitrogen and oxygen atoms in total. The van der Waals surface area contributed by atoms with Gasteiger partial charge in [-0.25, -0.2) is 4.72 Å². The Hall–Kier alpha value is -0.170. The van der Waals surface area contributed by atoms with E-state index in [1.54, 1.807) is 0 Å². The van der Waals surface area contributed by atoms with Gasteiger partial charge < -0.3 is 5.11 Å². The average molecular weight is 306 g/mol. The van der Waals surface area contributed by atoms with Crippen LogP contribution in [-0.2, 0) is 10.2 Å². The fourth-order valence-corrected chi connectivity index (χ4v) is 4.40. The Labute approximate surface area is 123 Å². The van der Waals surface area contributed by atoms with Gasteiger partial charge in [-0.15, -0.1) is 0 Å². The van der Waals surface area contributed by atoms with Crippen molar-refractivity contribution in [2.24, 2.45) is 5.41 Å². The summed E-state index contributed by atoms with van der Waals surface area (Å²) in [6, 6.07) is 0. The van der Waals surface area contributed by atoms with E-state index in [1.807, 2.05) is 13.8 Å². The highest BCUT2D eigenvalue weighted by atomic mass is 32.2. The van der Waals surface area contributed by atoms with Crippen LogP contribution in [0.1, 0.15) is 58.8 Å². The van der Waals surface area contributed by atoms with Gasteiger partial charge in [-0.1, -0.05) is 33.1 Å². The molecule has 1 saturated carbocycles. The molecule has 1 aliphatic rings. The zero-order chi connectivity index (χ0) is 15.1. The van der Waals surface area contributed by atoms with E-state index in [1.165, 1.54) is 10.7 Å². The normalized spacial score (nSPS) is 19.4. The first-order valence-corrected chi connectivity index (χ1v) is 9.29. The number of nitrogens with zero attached hydrogens (tertiary/aromatic N) is 1. The molecule has 0 heterocycles. The zero-order valence-electron chi connectivity index (χ0n) is 12.9. The minimum atomic E-state index is -3.42. The van der Waals surface area contributed by atoms with E-state index in [0.29, 0.717) is 19.6 Å². The number of hydrogen-bond donors (Lipinski definition) is 2. The van der Waals surface area contributed by atoms with Gasteiger partial charge in [0, 0.05) is 31.7 Å². The molecule has 0 bridgehead atoms. The first-order chi connectivity index (χ1) is 9.49. The fraction of sp³-hybridized carbons (Fsp3) is 1.00. The van der Waals surface area contributed by atoms with Crippen LogP contribution in [0, 0.1) is 5.41 Å². The molecule has 20 heavy (non-hydrogen) atoms. The molecule has 0 radical (unpaired) electrons. The Morgan fingerprint density at radius 1 is 1.10 bits per heavy atom. The second kappa shape index (κ2) is 8.32. The standard InChI is InChI=1S/C14H30N2O3S/c1-3-10-16(11-4-2)20(18,19)15-12-14(13-17)8-6-5-7-9-14/h15,17H,3-13H2,1-2H3. The molecule has 6 heteroatoms. The lowest BCUT2D eigenvalue weighted by Crippen LogP contribution is -2.47.